The van der Waals surface area contributed by atoms with Gasteiger partial charge in [0, 0.05) is 6.92 Å². The molecule has 0 spiro atoms. The molecule has 0 aromatic rings. The topological polar surface area (TPSA) is 40.5 Å². The Morgan fingerprint density at radius 2 is 2.50 bits per heavy atom. The first-order valence-electron chi connectivity index (χ1n) is 2.26. The zero-order valence-electron chi connectivity index (χ0n) is 4.79. The lowest BCUT2D eigenvalue weighted by Crippen LogP contribution is -2.24. The molecule has 0 heterocycles. The molecule has 0 saturated carbocycles. The molecule has 0 atom stereocenters. The maximum absolute atomic E-state index is 10.2. The van der Waals surface area contributed by atoms with E-state index in [4.69, 9.17) is 5.21 Å². The smallest absolute Gasteiger partial charge is 0.243 e. The lowest BCUT2D eigenvalue weighted by Gasteiger charge is -2.07. The van der Waals surface area contributed by atoms with Gasteiger partial charge in [-0.05, 0) is 0 Å². The third-order valence-corrected chi connectivity index (χ3v) is 0.666. The summed E-state index contributed by atoms with van der Waals surface area (Å²) in [7, 11) is 0. The molecule has 0 aliphatic heterocycles. The summed E-state index contributed by atoms with van der Waals surface area (Å²) in [4.78, 5) is 10.2. The van der Waals surface area contributed by atoms with E-state index >= 15 is 0 Å². The van der Waals surface area contributed by atoms with Crippen molar-refractivity contribution in [2.75, 3.05) is 6.54 Å². The fourth-order valence-electron chi connectivity index (χ4n) is 0.251. The average molecular weight is 115 g/mol. The molecule has 0 aliphatic rings. The van der Waals surface area contributed by atoms with Crippen LogP contribution in [0.2, 0.25) is 0 Å². The number of rotatable bonds is 2. The van der Waals surface area contributed by atoms with E-state index in [1.54, 1.807) is 0 Å². The van der Waals surface area contributed by atoms with Gasteiger partial charge in [-0.25, -0.2) is 5.06 Å². The van der Waals surface area contributed by atoms with Gasteiger partial charge in [0.2, 0.25) is 5.91 Å². The molecule has 46 valence electrons. The molecule has 0 rings (SSSR count). The zero-order valence-corrected chi connectivity index (χ0v) is 4.79. The van der Waals surface area contributed by atoms with Gasteiger partial charge in [-0.15, -0.1) is 6.58 Å². The monoisotopic (exact) mass is 115 g/mol. The summed E-state index contributed by atoms with van der Waals surface area (Å²) in [6.45, 7) is 4.80. The number of amides is 1. The van der Waals surface area contributed by atoms with Gasteiger partial charge in [-0.3, -0.25) is 10.0 Å². The highest BCUT2D eigenvalue weighted by Gasteiger charge is 1.97. The molecule has 0 fully saturated rings. The molecule has 0 aromatic carbocycles. The van der Waals surface area contributed by atoms with Gasteiger partial charge in [0.15, 0.2) is 0 Å². The van der Waals surface area contributed by atoms with Gasteiger partial charge in [-0.1, -0.05) is 6.08 Å². The highest BCUT2D eigenvalue weighted by Crippen LogP contribution is 1.80. The number of carbonyl (C=O) groups is 1. The number of hydroxylamine groups is 2. The Labute approximate surface area is 48.2 Å². The SMILES string of the molecule is C=CCN(O)C(C)=O. The maximum Gasteiger partial charge on any atom is 0.243 e. The highest BCUT2D eigenvalue weighted by atomic mass is 16.5. The fraction of sp³-hybridized carbons (Fsp3) is 0.400. The number of hydrogen-bond acceptors (Lipinski definition) is 2. The van der Waals surface area contributed by atoms with Crippen molar-refractivity contribution < 1.29 is 10.0 Å². The summed E-state index contributed by atoms with van der Waals surface area (Å²) in [6, 6.07) is 0. The maximum atomic E-state index is 10.2. The van der Waals surface area contributed by atoms with Crippen LogP contribution in [0.15, 0.2) is 12.7 Å². The van der Waals surface area contributed by atoms with Crippen LogP contribution in [-0.2, 0) is 4.79 Å². The predicted octanol–water partition coefficient (Wildman–Crippen LogP) is 0.410. The van der Waals surface area contributed by atoms with Crippen molar-refractivity contribution in [3.63, 3.8) is 0 Å². The van der Waals surface area contributed by atoms with Crippen molar-refractivity contribution >= 4 is 5.91 Å². The Balaban J connectivity index is 3.46. The Hall–Kier alpha value is -0.830. The van der Waals surface area contributed by atoms with Crippen LogP contribution in [0.25, 0.3) is 0 Å². The lowest BCUT2D eigenvalue weighted by molar-refractivity contribution is -0.160. The largest absolute Gasteiger partial charge is 0.286 e. The van der Waals surface area contributed by atoms with Gasteiger partial charge in [0.1, 0.15) is 0 Å². The van der Waals surface area contributed by atoms with E-state index in [0.717, 1.165) is 0 Å². The van der Waals surface area contributed by atoms with E-state index in [0.29, 0.717) is 5.06 Å². The minimum absolute atomic E-state index is 0.190. The van der Waals surface area contributed by atoms with Gasteiger partial charge < -0.3 is 0 Å². The molecule has 0 radical (unpaired) electrons. The van der Waals surface area contributed by atoms with Gasteiger partial charge in [0.05, 0.1) is 6.54 Å². The summed E-state index contributed by atoms with van der Waals surface area (Å²) in [6.07, 6.45) is 1.45. The highest BCUT2D eigenvalue weighted by molar-refractivity contribution is 5.71. The van der Waals surface area contributed by atoms with Crippen molar-refractivity contribution in [1.29, 1.82) is 0 Å². The quantitative estimate of drug-likeness (QED) is 0.321. The third kappa shape index (κ3) is 2.36. The van der Waals surface area contributed by atoms with Crippen LogP contribution in [0, 0.1) is 0 Å². The van der Waals surface area contributed by atoms with Crippen LogP contribution < -0.4 is 0 Å². The van der Waals surface area contributed by atoms with Gasteiger partial charge >= 0.3 is 0 Å². The number of hydrogen-bond donors (Lipinski definition) is 1. The van der Waals surface area contributed by atoms with Crippen molar-refractivity contribution in [2.45, 2.75) is 6.92 Å². The first-order chi connectivity index (χ1) is 3.68. The van der Waals surface area contributed by atoms with E-state index in [1.807, 2.05) is 0 Å². The van der Waals surface area contributed by atoms with E-state index in [2.05, 4.69) is 6.58 Å². The number of carbonyl (C=O) groups excluding carboxylic acids is 1. The van der Waals surface area contributed by atoms with Crippen molar-refractivity contribution in [1.82, 2.24) is 5.06 Å². The molecule has 8 heavy (non-hydrogen) atoms. The molecule has 0 bridgehead atoms. The summed E-state index contributed by atoms with van der Waals surface area (Å²) < 4.78 is 0. The van der Waals surface area contributed by atoms with Crippen LogP contribution in [0.3, 0.4) is 0 Å². The third-order valence-electron chi connectivity index (χ3n) is 0.666. The van der Waals surface area contributed by atoms with Crippen LogP contribution in [0.4, 0.5) is 0 Å². The van der Waals surface area contributed by atoms with E-state index in [-0.39, 0.29) is 12.5 Å². The van der Waals surface area contributed by atoms with Crippen LogP contribution >= 0.6 is 0 Å². The molecule has 1 amide bonds. The molecule has 0 unspecified atom stereocenters. The van der Waals surface area contributed by atoms with Crippen molar-refractivity contribution in [3.8, 4) is 0 Å². The average Bonchev–Trinajstić information content (AvgIpc) is 1.67. The van der Waals surface area contributed by atoms with E-state index in [1.165, 1.54) is 13.0 Å². The molecule has 0 aromatic heterocycles. The molecule has 0 saturated heterocycles. The van der Waals surface area contributed by atoms with Crippen LogP contribution in [0.5, 0.6) is 0 Å². The van der Waals surface area contributed by atoms with E-state index in [9.17, 15) is 4.79 Å². The van der Waals surface area contributed by atoms with E-state index < -0.39 is 0 Å². The van der Waals surface area contributed by atoms with Gasteiger partial charge in [-0.2, -0.15) is 0 Å². The standard InChI is InChI=1S/C5H9NO2/c1-3-4-6(8)5(2)7/h3,8H,1,4H2,2H3. The van der Waals surface area contributed by atoms with Crippen molar-refractivity contribution in [3.05, 3.63) is 12.7 Å². The second-order valence-electron chi connectivity index (χ2n) is 1.39. The Bertz CT molecular complexity index is 101. The first kappa shape index (κ1) is 7.17. The predicted molar refractivity (Wildman–Crippen MR) is 29.4 cm³/mol. The number of nitrogens with zero attached hydrogens (tertiary/aromatic N) is 1. The molecule has 0 aliphatic carbocycles. The summed E-state index contributed by atoms with van der Waals surface area (Å²) in [5.74, 6) is -0.370. The summed E-state index contributed by atoms with van der Waals surface area (Å²) >= 11 is 0. The zero-order chi connectivity index (χ0) is 6.57. The Kier molecular flexibility index (Phi) is 2.88. The normalized spacial score (nSPS) is 8.25. The summed E-state index contributed by atoms with van der Waals surface area (Å²) in [5.41, 5.74) is 0. The van der Waals surface area contributed by atoms with Crippen LogP contribution in [-0.4, -0.2) is 22.7 Å². The Morgan fingerprint density at radius 1 is 2.00 bits per heavy atom. The molecule has 1 N–H and O–H groups in total. The first-order valence-corrected chi connectivity index (χ1v) is 2.26. The van der Waals surface area contributed by atoms with Crippen molar-refractivity contribution in [2.24, 2.45) is 0 Å². The lowest BCUT2D eigenvalue weighted by atomic mass is 10.6. The van der Waals surface area contributed by atoms with Gasteiger partial charge in [0.25, 0.3) is 0 Å². The Morgan fingerprint density at radius 3 is 2.62 bits per heavy atom. The molecule has 3 heteroatoms. The molecular weight excluding hydrogens is 106 g/mol. The fourth-order valence-corrected chi connectivity index (χ4v) is 0.251. The minimum Gasteiger partial charge on any atom is -0.286 e. The molecular formula is C5H9NO2. The van der Waals surface area contributed by atoms with Crippen LogP contribution in [0.1, 0.15) is 6.92 Å². The minimum atomic E-state index is -0.370. The second-order valence-corrected chi connectivity index (χ2v) is 1.39. The molecule has 3 nitrogen and oxygen atoms in total. The second kappa shape index (κ2) is 3.21. The summed E-state index contributed by atoms with van der Waals surface area (Å²) in [5, 5.41) is 9.13.